The molecule has 0 atom stereocenters. The third kappa shape index (κ3) is 16.3. The standard InChI is InChI=1S/C29H38N6O.C25H31N5O2.C22H27N5O2/c1-35(23-15-28(10-4-2-5-11-28)34-29(16-23)12-6-3-7-13-29)27-20-30-25(19-31-27)24-9-8-21(14-26(24)36)22-17-32-33-18-22;1-24(2)12-18(13-25(3,4)29-24)30(5)22-15-27-20(14-28-22)19-7-6-16(10-21(19)31)17-8-9-26-23(32)11-17;1-21(2)8-16(9-22(3,4)27-21)29-20-13-23-18(12-24-20)17-6-5-14(7-19(17)28)15-10-25-26-11-15/h8-9,14,17-20,23,34,36H,2-7,10-13,15-16H2,1H3,(H,32,33);6-11,14-15,18,29,31H,12-13H2,1-5H3,(H,26,32);5-7,10-13,16,27-28H,8-9H2,1-4H3,(H,25,26). The van der Waals surface area contributed by atoms with E-state index in [0.29, 0.717) is 51.7 Å². The molecule has 0 unspecified atom stereocenters. The molecule has 21 nitrogen and oxygen atoms in total. The molecule has 9 aromatic rings. The van der Waals surface area contributed by atoms with Crippen LogP contribution in [0.3, 0.4) is 0 Å². The highest BCUT2D eigenvalue weighted by atomic mass is 16.5. The quantitative estimate of drug-likeness (QED) is 0.0550. The Bertz CT molecular complexity index is 4100. The number of aromatic nitrogens is 11. The summed E-state index contributed by atoms with van der Waals surface area (Å²) in [5, 5.41) is 56.9. The number of nitrogens with zero attached hydrogens (tertiary/aromatic N) is 10. The zero-order valence-electron chi connectivity index (χ0n) is 57.9. The number of benzene rings is 3. The molecule has 9 N–H and O–H groups in total. The van der Waals surface area contributed by atoms with Crippen LogP contribution in [0.15, 0.2) is 140 Å². The minimum atomic E-state index is -0.183. The number of hydrogen-bond donors (Lipinski definition) is 9. The first kappa shape index (κ1) is 67.9. The number of phenolic OH excluding ortho intramolecular Hbond substituents is 3. The number of anilines is 2. The smallest absolute Gasteiger partial charge is 0.248 e. The van der Waals surface area contributed by atoms with Gasteiger partial charge >= 0.3 is 0 Å². The molecule has 6 aromatic heterocycles. The van der Waals surface area contributed by atoms with Gasteiger partial charge in [0.15, 0.2) is 0 Å². The highest BCUT2D eigenvalue weighted by Crippen LogP contribution is 2.47. The summed E-state index contributed by atoms with van der Waals surface area (Å²) in [5.74, 6) is 2.67. The summed E-state index contributed by atoms with van der Waals surface area (Å²) >= 11 is 0. The van der Waals surface area contributed by atoms with Crippen LogP contribution < -0.4 is 36.0 Å². The molecular formula is C76H96N16O5. The lowest BCUT2D eigenvalue weighted by Gasteiger charge is -2.57. The highest BCUT2D eigenvalue weighted by molar-refractivity contribution is 5.76. The van der Waals surface area contributed by atoms with Crippen LogP contribution in [0.25, 0.3) is 67.2 Å². The minimum absolute atomic E-state index is 0.00229. The number of ether oxygens (including phenoxy) is 1. The maximum absolute atomic E-state index is 11.6. The lowest BCUT2D eigenvalue weighted by molar-refractivity contribution is 0.0526. The summed E-state index contributed by atoms with van der Waals surface area (Å²) in [6.07, 6.45) is 38.7. The normalized spacial score (nSPS) is 19.4. The maximum Gasteiger partial charge on any atom is 0.248 e. The molecule has 97 heavy (non-hydrogen) atoms. The molecule has 3 aromatic carbocycles. The van der Waals surface area contributed by atoms with Gasteiger partial charge in [-0.05, 0) is 171 Å². The van der Waals surface area contributed by atoms with Crippen LogP contribution in [0.5, 0.6) is 23.1 Å². The predicted octanol–water partition coefficient (Wildman–Crippen LogP) is 13.7. The molecule has 2 aliphatic carbocycles. The summed E-state index contributed by atoms with van der Waals surface area (Å²) in [7, 11) is 4.27. The summed E-state index contributed by atoms with van der Waals surface area (Å²) in [4.78, 5) is 46.4. The van der Waals surface area contributed by atoms with Gasteiger partial charge in [0.1, 0.15) is 35.0 Å². The fourth-order valence-electron chi connectivity index (χ4n) is 16.5. The average Bonchev–Trinajstić information content (AvgIpc) is 1.04. The van der Waals surface area contributed by atoms with Crippen molar-refractivity contribution in [3.8, 4) is 90.3 Å². The molecule has 0 bridgehead atoms. The average molecular weight is 1310 g/mol. The van der Waals surface area contributed by atoms with Crippen LogP contribution in [0, 0.1) is 0 Å². The maximum atomic E-state index is 11.6. The van der Waals surface area contributed by atoms with Crippen LogP contribution in [-0.4, -0.2) is 136 Å². The Kier molecular flexibility index (Phi) is 19.5. The Morgan fingerprint density at radius 3 is 1.22 bits per heavy atom. The van der Waals surface area contributed by atoms with E-state index in [1.807, 2.05) is 42.7 Å². The van der Waals surface area contributed by atoms with E-state index in [0.717, 1.165) is 70.7 Å². The van der Waals surface area contributed by atoms with Crippen molar-refractivity contribution in [2.24, 2.45) is 0 Å². The number of pyridine rings is 1. The molecule has 0 radical (unpaired) electrons. The molecule has 14 rings (SSSR count). The lowest BCUT2D eigenvalue weighted by Crippen LogP contribution is -2.67. The number of hydrogen-bond acceptors (Lipinski definition) is 18. The van der Waals surface area contributed by atoms with Gasteiger partial charge in [0.25, 0.3) is 0 Å². The molecule has 2 saturated carbocycles. The van der Waals surface area contributed by atoms with E-state index in [1.54, 1.807) is 86.1 Å². The van der Waals surface area contributed by atoms with Gasteiger partial charge < -0.3 is 50.8 Å². The first-order chi connectivity index (χ1) is 46.3. The van der Waals surface area contributed by atoms with Gasteiger partial charge in [-0.15, -0.1) is 0 Å². The van der Waals surface area contributed by atoms with Crippen molar-refractivity contribution < 1.29 is 20.1 Å². The van der Waals surface area contributed by atoms with E-state index >= 15 is 0 Å². The topological polar surface area (TPSA) is 280 Å². The first-order valence-corrected chi connectivity index (χ1v) is 34.4. The largest absolute Gasteiger partial charge is 0.507 e. The number of nitrogens with one attached hydrogen (secondary N) is 6. The molecule has 0 amide bonds. The summed E-state index contributed by atoms with van der Waals surface area (Å²) < 4.78 is 6.13. The zero-order valence-corrected chi connectivity index (χ0v) is 57.9. The van der Waals surface area contributed by atoms with Crippen molar-refractivity contribution in [2.45, 2.75) is 210 Å². The van der Waals surface area contributed by atoms with E-state index in [9.17, 15) is 20.1 Å². The molecule has 3 aliphatic heterocycles. The Hall–Kier alpha value is -9.05. The Balaban J connectivity index is 0.000000140. The van der Waals surface area contributed by atoms with Gasteiger partial charge in [-0.25, -0.2) is 19.9 Å². The van der Waals surface area contributed by atoms with Crippen LogP contribution in [0.2, 0.25) is 0 Å². The molecule has 2 spiro atoms. The van der Waals surface area contributed by atoms with Gasteiger partial charge in [0, 0.05) is 125 Å². The number of aromatic amines is 3. The van der Waals surface area contributed by atoms with Crippen LogP contribution in [0.4, 0.5) is 11.6 Å². The predicted molar refractivity (Wildman–Crippen MR) is 382 cm³/mol. The molecule has 9 heterocycles. The van der Waals surface area contributed by atoms with Crippen molar-refractivity contribution >= 4 is 11.6 Å². The van der Waals surface area contributed by atoms with Crippen molar-refractivity contribution in [2.75, 3.05) is 23.9 Å². The van der Waals surface area contributed by atoms with Crippen molar-refractivity contribution in [3.05, 3.63) is 145 Å². The Labute approximate surface area is 569 Å². The third-order valence-corrected chi connectivity index (χ3v) is 20.3. The van der Waals surface area contributed by atoms with Crippen molar-refractivity contribution in [1.29, 1.82) is 0 Å². The summed E-state index contributed by atoms with van der Waals surface area (Å²) in [6, 6.07) is 20.5. The van der Waals surface area contributed by atoms with E-state index in [4.69, 9.17) is 14.7 Å². The summed E-state index contributed by atoms with van der Waals surface area (Å²) in [5.41, 5.74) is 9.41. The van der Waals surface area contributed by atoms with E-state index in [1.165, 1.54) is 83.1 Å². The van der Waals surface area contributed by atoms with Crippen molar-refractivity contribution in [3.63, 3.8) is 0 Å². The number of H-pyrrole nitrogens is 3. The van der Waals surface area contributed by atoms with Gasteiger partial charge in [-0.2, -0.15) is 10.2 Å². The van der Waals surface area contributed by atoms with Crippen LogP contribution in [-0.2, 0) is 0 Å². The van der Waals surface area contributed by atoms with Crippen LogP contribution in [0.1, 0.15) is 158 Å². The third-order valence-electron chi connectivity index (χ3n) is 20.3. The lowest BCUT2D eigenvalue weighted by atomic mass is 9.65. The highest BCUT2D eigenvalue weighted by Gasteiger charge is 2.49. The first-order valence-electron chi connectivity index (χ1n) is 34.4. The molecular weight excluding hydrogens is 1220 g/mol. The number of piperidine rings is 3. The zero-order chi connectivity index (χ0) is 68.3. The summed E-state index contributed by atoms with van der Waals surface area (Å²) in [6.45, 7) is 17.7. The Morgan fingerprint density at radius 2 is 0.835 bits per heavy atom. The fourth-order valence-corrected chi connectivity index (χ4v) is 16.5. The number of phenols is 3. The van der Waals surface area contributed by atoms with Gasteiger partial charge in [-0.1, -0.05) is 56.7 Å². The Morgan fingerprint density at radius 1 is 0.433 bits per heavy atom. The number of aromatic hydroxyl groups is 3. The van der Waals surface area contributed by atoms with E-state index in [-0.39, 0.29) is 62.1 Å². The fraction of sp³-hybridized carbons (Fsp3) is 0.461. The second kappa shape index (κ2) is 27.8. The molecule has 510 valence electrons. The molecule has 5 aliphatic rings. The van der Waals surface area contributed by atoms with Crippen molar-refractivity contribution in [1.82, 2.24) is 71.2 Å². The molecule has 3 saturated heterocycles. The second-order valence-electron chi connectivity index (χ2n) is 30.5. The van der Waals surface area contributed by atoms with Crippen LogP contribution >= 0.6 is 0 Å². The van der Waals surface area contributed by atoms with Gasteiger partial charge in [-0.3, -0.25) is 25.0 Å². The van der Waals surface area contributed by atoms with Gasteiger partial charge in [0.05, 0.1) is 66.7 Å². The van der Waals surface area contributed by atoms with Gasteiger partial charge in [0.2, 0.25) is 11.4 Å². The SMILES string of the molecule is CC1(C)CC(Oc2cnc(-c3ccc(-c4cn[nH]c4)cc3O)cn2)CC(C)(C)N1.CN(c1cnc(-c2ccc(-c3cc[nH]c(=O)c3)cc2O)cn1)C1CC(C)(C)NC(C)(C)C1.CN(c1cnc(-c2ccc(-c3cn[nH]c3)cc2O)cn1)C1CC2(CCCCC2)NC2(CCCCC2)C1. The monoisotopic (exact) mass is 1310 g/mol. The van der Waals surface area contributed by atoms with E-state index < -0.39 is 0 Å². The number of rotatable bonds is 12. The minimum Gasteiger partial charge on any atom is -0.507 e. The molecule has 5 fully saturated rings. The second-order valence-corrected chi connectivity index (χ2v) is 30.5. The molecule has 21 heteroatoms. The van der Waals surface area contributed by atoms with E-state index in [2.05, 4.69) is 141 Å².